The van der Waals surface area contributed by atoms with E-state index in [0.29, 0.717) is 0 Å². The largest absolute Gasteiger partial charge is 0.399 e. The van der Waals surface area contributed by atoms with Crippen molar-refractivity contribution < 1.29 is 8.85 Å². The zero-order chi connectivity index (χ0) is 10.4. The molecule has 14 heavy (non-hydrogen) atoms. The minimum atomic E-state index is -1.49. The van der Waals surface area contributed by atoms with Gasteiger partial charge in [0.1, 0.15) is 0 Å². The molecular formula is C10H17NO2Si. The van der Waals surface area contributed by atoms with Crippen molar-refractivity contribution in [3.63, 3.8) is 0 Å². The highest BCUT2D eigenvalue weighted by atomic mass is 28.3. The first-order chi connectivity index (χ1) is 6.77. The summed E-state index contributed by atoms with van der Waals surface area (Å²) in [6.07, 6.45) is 0.858. The summed E-state index contributed by atoms with van der Waals surface area (Å²) in [4.78, 5) is 2.16. The number of nitrogens with zero attached hydrogens (tertiary/aromatic N) is 1. The van der Waals surface area contributed by atoms with Crippen molar-refractivity contribution in [3.8, 4) is 0 Å². The summed E-state index contributed by atoms with van der Waals surface area (Å²) in [5.41, 5.74) is 1.19. The molecule has 0 saturated heterocycles. The molecule has 0 saturated carbocycles. The van der Waals surface area contributed by atoms with Crippen LogP contribution in [0.3, 0.4) is 0 Å². The predicted molar refractivity (Wildman–Crippen MR) is 60.9 cm³/mol. The molecule has 0 spiro atoms. The van der Waals surface area contributed by atoms with Crippen molar-refractivity contribution in [1.82, 2.24) is 0 Å². The van der Waals surface area contributed by atoms with Gasteiger partial charge in [0, 0.05) is 27.0 Å². The van der Waals surface area contributed by atoms with Crippen LogP contribution in [0.4, 0.5) is 5.69 Å². The Hall–Kier alpha value is -0.843. The lowest BCUT2D eigenvalue weighted by molar-refractivity contribution is 0.278. The quantitative estimate of drug-likeness (QED) is 0.683. The Bertz CT molecular complexity index is 252. The monoisotopic (exact) mass is 211 g/mol. The number of hydrogen-bond acceptors (Lipinski definition) is 3. The van der Waals surface area contributed by atoms with Crippen molar-refractivity contribution >= 4 is 15.0 Å². The summed E-state index contributed by atoms with van der Waals surface area (Å²) in [6, 6.07) is 10.2. The highest BCUT2D eigenvalue weighted by molar-refractivity contribution is 6.45. The van der Waals surface area contributed by atoms with Crippen LogP contribution < -0.4 is 4.90 Å². The van der Waals surface area contributed by atoms with Gasteiger partial charge in [0.2, 0.25) is 0 Å². The molecule has 0 N–H and O–H groups in total. The molecule has 78 valence electrons. The number of para-hydroxylation sites is 1. The summed E-state index contributed by atoms with van der Waals surface area (Å²) in [5.74, 6) is 0. The highest BCUT2D eigenvalue weighted by Crippen LogP contribution is 2.10. The van der Waals surface area contributed by atoms with Crippen molar-refractivity contribution in [3.05, 3.63) is 30.3 Å². The van der Waals surface area contributed by atoms with E-state index in [2.05, 4.69) is 17.0 Å². The van der Waals surface area contributed by atoms with Gasteiger partial charge in [0.05, 0.1) is 6.17 Å². The summed E-state index contributed by atoms with van der Waals surface area (Å²) < 4.78 is 10.5. The van der Waals surface area contributed by atoms with E-state index in [4.69, 9.17) is 8.85 Å². The first kappa shape index (κ1) is 11.2. The van der Waals surface area contributed by atoms with Crippen molar-refractivity contribution in [1.29, 1.82) is 0 Å². The van der Waals surface area contributed by atoms with Crippen molar-refractivity contribution in [2.24, 2.45) is 0 Å². The van der Waals surface area contributed by atoms with Gasteiger partial charge in [0.15, 0.2) is 0 Å². The molecule has 0 aliphatic heterocycles. The molecule has 1 aromatic carbocycles. The van der Waals surface area contributed by atoms with Gasteiger partial charge in [-0.3, -0.25) is 0 Å². The Labute approximate surface area is 87.1 Å². The Morgan fingerprint density at radius 2 is 1.71 bits per heavy atom. The molecule has 0 aliphatic carbocycles. The lowest BCUT2D eigenvalue weighted by Gasteiger charge is -2.22. The highest BCUT2D eigenvalue weighted by Gasteiger charge is 2.12. The predicted octanol–water partition coefficient (Wildman–Crippen LogP) is 1.18. The van der Waals surface area contributed by atoms with Crippen LogP contribution in [0, 0.1) is 0 Å². The number of benzene rings is 1. The summed E-state index contributed by atoms with van der Waals surface area (Å²) in [7, 11) is 3.97. The fourth-order valence-electron chi connectivity index (χ4n) is 1.26. The maximum atomic E-state index is 5.27. The molecule has 0 aromatic heterocycles. The van der Waals surface area contributed by atoms with E-state index in [1.165, 1.54) is 5.69 Å². The van der Waals surface area contributed by atoms with Crippen LogP contribution in [0.2, 0.25) is 0 Å². The Morgan fingerprint density at radius 1 is 1.14 bits per heavy atom. The SMILES string of the molecule is CO[SiH](CN(C)c1ccccc1)OC. The second kappa shape index (κ2) is 5.80. The topological polar surface area (TPSA) is 21.7 Å². The summed E-state index contributed by atoms with van der Waals surface area (Å²) in [6.45, 7) is 0. The maximum absolute atomic E-state index is 5.27. The zero-order valence-electron chi connectivity index (χ0n) is 8.93. The molecule has 0 amide bonds. The van der Waals surface area contributed by atoms with Crippen LogP contribution in [-0.2, 0) is 8.85 Å². The van der Waals surface area contributed by atoms with Gasteiger partial charge in [-0.25, -0.2) is 0 Å². The van der Waals surface area contributed by atoms with E-state index in [0.717, 1.165) is 6.17 Å². The maximum Gasteiger partial charge on any atom is 0.340 e. The normalized spacial score (nSPS) is 10.6. The van der Waals surface area contributed by atoms with E-state index in [1.807, 2.05) is 25.2 Å². The average molecular weight is 211 g/mol. The number of hydrogen-bond donors (Lipinski definition) is 0. The molecule has 1 aromatic rings. The van der Waals surface area contributed by atoms with E-state index in [-0.39, 0.29) is 0 Å². The average Bonchev–Trinajstić information content (AvgIpc) is 2.26. The molecule has 0 atom stereocenters. The third-order valence-corrected chi connectivity index (χ3v) is 4.04. The second-order valence-electron chi connectivity index (χ2n) is 3.12. The summed E-state index contributed by atoms with van der Waals surface area (Å²) in [5, 5.41) is 0. The lowest BCUT2D eigenvalue weighted by Crippen LogP contribution is -2.35. The van der Waals surface area contributed by atoms with Gasteiger partial charge in [-0.15, -0.1) is 0 Å². The molecule has 3 nitrogen and oxygen atoms in total. The second-order valence-corrected chi connectivity index (χ2v) is 5.28. The molecular weight excluding hydrogens is 194 g/mol. The Morgan fingerprint density at radius 3 is 2.21 bits per heavy atom. The third kappa shape index (κ3) is 3.14. The van der Waals surface area contributed by atoms with Crippen LogP contribution >= 0.6 is 0 Å². The minimum absolute atomic E-state index is 0.858. The van der Waals surface area contributed by atoms with Gasteiger partial charge in [0.25, 0.3) is 0 Å². The van der Waals surface area contributed by atoms with Crippen molar-refractivity contribution in [2.45, 2.75) is 0 Å². The molecule has 0 bridgehead atoms. The first-order valence-electron chi connectivity index (χ1n) is 4.59. The molecule has 0 unspecified atom stereocenters. The van der Waals surface area contributed by atoms with Crippen LogP contribution in [0.1, 0.15) is 0 Å². The van der Waals surface area contributed by atoms with Gasteiger partial charge in [-0.2, -0.15) is 0 Å². The number of anilines is 1. The van der Waals surface area contributed by atoms with Gasteiger partial charge < -0.3 is 13.8 Å². The fourth-order valence-corrected chi connectivity index (χ4v) is 2.41. The third-order valence-electron chi connectivity index (χ3n) is 2.15. The zero-order valence-corrected chi connectivity index (χ0v) is 10.1. The first-order valence-corrected chi connectivity index (χ1v) is 6.35. The molecule has 4 heteroatoms. The molecule has 0 aliphatic rings. The van der Waals surface area contributed by atoms with E-state index in [9.17, 15) is 0 Å². The molecule has 0 radical (unpaired) electrons. The molecule has 0 fully saturated rings. The summed E-state index contributed by atoms with van der Waals surface area (Å²) >= 11 is 0. The fraction of sp³-hybridized carbons (Fsp3) is 0.400. The van der Waals surface area contributed by atoms with Crippen molar-refractivity contribution in [2.75, 3.05) is 32.3 Å². The molecule has 1 rings (SSSR count). The minimum Gasteiger partial charge on any atom is -0.399 e. The standard InChI is InChI=1S/C10H17NO2Si/c1-11(9-14(12-2)13-3)10-7-5-4-6-8-10/h4-8,14H,9H2,1-3H3. The van der Waals surface area contributed by atoms with Gasteiger partial charge >= 0.3 is 9.28 Å². The number of rotatable bonds is 5. The smallest absolute Gasteiger partial charge is 0.340 e. The van der Waals surface area contributed by atoms with Crippen LogP contribution in [-0.4, -0.2) is 36.7 Å². The Kier molecular flexibility index (Phi) is 4.65. The van der Waals surface area contributed by atoms with Crippen LogP contribution in [0.5, 0.6) is 0 Å². The van der Waals surface area contributed by atoms with E-state index >= 15 is 0 Å². The molecule has 0 heterocycles. The van der Waals surface area contributed by atoms with E-state index < -0.39 is 9.28 Å². The lowest BCUT2D eigenvalue weighted by atomic mass is 10.3. The van der Waals surface area contributed by atoms with Gasteiger partial charge in [-0.05, 0) is 12.1 Å². The van der Waals surface area contributed by atoms with Crippen LogP contribution in [0.15, 0.2) is 30.3 Å². The Balaban J connectivity index is 2.54. The van der Waals surface area contributed by atoms with Crippen LogP contribution in [0.25, 0.3) is 0 Å². The van der Waals surface area contributed by atoms with E-state index in [1.54, 1.807) is 14.2 Å². The van der Waals surface area contributed by atoms with Gasteiger partial charge in [-0.1, -0.05) is 18.2 Å².